The van der Waals surface area contributed by atoms with Gasteiger partial charge < -0.3 is 15.2 Å². The van der Waals surface area contributed by atoms with E-state index in [0.29, 0.717) is 19.0 Å². The first kappa shape index (κ1) is 9.42. The standard InChI is InChI=1S/C8H14N4O2/c1-13-8(2-3-14-6-8)5-12-10-4-7(9)11-12/h4H,2-3,5-6H2,1H3,(H2,9,11). The molecule has 0 radical (unpaired) electrons. The Labute approximate surface area is 82.0 Å². The molecule has 1 aliphatic heterocycles. The van der Waals surface area contributed by atoms with Crippen molar-refractivity contribution in [3.8, 4) is 0 Å². The van der Waals surface area contributed by atoms with Crippen molar-refractivity contribution < 1.29 is 9.47 Å². The van der Waals surface area contributed by atoms with Gasteiger partial charge >= 0.3 is 0 Å². The molecule has 0 aromatic carbocycles. The van der Waals surface area contributed by atoms with Crippen LogP contribution in [0.4, 0.5) is 5.82 Å². The highest BCUT2D eigenvalue weighted by molar-refractivity contribution is 5.19. The normalized spacial score (nSPS) is 26.9. The summed E-state index contributed by atoms with van der Waals surface area (Å²) >= 11 is 0. The van der Waals surface area contributed by atoms with E-state index in [2.05, 4.69) is 10.2 Å². The van der Waals surface area contributed by atoms with Gasteiger partial charge in [0.2, 0.25) is 0 Å². The van der Waals surface area contributed by atoms with Gasteiger partial charge in [0, 0.05) is 20.1 Å². The Morgan fingerprint density at radius 3 is 3.14 bits per heavy atom. The number of nitrogen functional groups attached to an aromatic ring is 1. The summed E-state index contributed by atoms with van der Waals surface area (Å²) in [6.45, 7) is 1.90. The molecule has 1 atom stereocenters. The summed E-state index contributed by atoms with van der Waals surface area (Å²) in [7, 11) is 1.68. The number of nitrogens with two attached hydrogens (primary N) is 1. The molecular weight excluding hydrogens is 184 g/mol. The van der Waals surface area contributed by atoms with E-state index < -0.39 is 0 Å². The summed E-state index contributed by atoms with van der Waals surface area (Å²) in [6.07, 6.45) is 2.39. The molecule has 2 heterocycles. The third-order valence-electron chi connectivity index (χ3n) is 2.48. The molecule has 6 nitrogen and oxygen atoms in total. The maximum atomic E-state index is 5.47. The van der Waals surface area contributed by atoms with Crippen LogP contribution in [0.5, 0.6) is 0 Å². The highest BCUT2D eigenvalue weighted by Crippen LogP contribution is 2.23. The average molecular weight is 198 g/mol. The molecular formula is C8H14N4O2. The second-order valence-corrected chi connectivity index (χ2v) is 3.49. The first-order valence-electron chi connectivity index (χ1n) is 4.53. The molecule has 0 spiro atoms. The molecule has 0 amide bonds. The highest BCUT2D eigenvalue weighted by Gasteiger charge is 2.36. The SMILES string of the molecule is COC1(Cn2ncc(N)n2)CCOC1. The molecule has 1 unspecified atom stereocenters. The minimum Gasteiger partial charge on any atom is -0.381 e. The van der Waals surface area contributed by atoms with Gasteiger partial charge in [0.05, 0.1) is 19.3 Å². The van der Waals surface area contributed by atoms with Crippen molar-refractivity contribution in [1.29, 1.82) is 0 Å². The van der Waals surface area contributed by atoms with Crippen LogP contribution in [0, 0.1) is 0 Å². The Hall–Kier alpha value is -1.14. The van der Waals surface area contributed by atoms with E-state index in [1.807, 2.05) is 0 Å². The van der Waals surface area contributed by atoms with E-state index in [9.17, 15) is 0 Å². The monoisotopic (exact) mass is 198 g/mol. The van der Waals surface area contributed by atoms with Crippen LogP contribution in [0.1, 0.15) is 6.42 Å². The third kappa shape index (κ3) is 1.71. The molecule has 0 aliphatic carbocycles. The van der Waals surface area contributed by atoms with Crippen molar-refractivity contribution in [3.05, 3.63) is 6.20 Å². The smallest absolute Gasteiger partial charge is 0.165 e. The molecule has 1 saturated heterocycles. The summed E-state index contributed by atoms with van der Waals surface area (Å²) in [5.41, 5.74) is 5.18. The lowest BCUT2D eigenvalue weighted by Crippen LogP contribution is -2.37. The number of hydrogen-bond acceptors (Lipinski definition) is 5. The van der Waals surface area contributed by atoms with Crippen LogP contribution in [-0.2, 0) is 16.0 Å². The fraction of sp³-hybridized carbons (Fsp3) is 0.750. The first-order valence-corrected chi connectivity index (χ1v) is 4.53. The topological polar surface area (TPSA) is 75.2 Å². The molecule has 1 aromatic rings. The van der Waals surface area contributed by atoms with Gasteiger partial charge in [-0.2, -0.15) is 9.90 Å². The van der Waals surface area contributed by atoms with Crippen LogP contribution in [0.2, 0.25) is 0 Å². The van der Waals surface area contributed by atoms with Crippen LogP contribution >= 0.6 is 0 Å². The van der Waals surface area contributed by atoms with Gasteiger partial charge in [-0.25, -0.2) is 0 Å². The number of hydrogen-bond donors (Lipinski definition) is 1. The molecule has 14 heavy (non-hydrogen) atoms. The van der Waals surface area contributed by atoms with Crippen molar-refractivity contribution in [2.45, 2.75) is 18.6 Å². The Bertz CT molecular complexity index is 306. The van der Waals surface area contributed by atoms with Crippen molar-refractivity contribution in [1.82, 2.24) is 15.0 Å². The lowest BCUT2D eigenvalue weighted by Gasteiger charge is -2.24. The van der Waals surface area contributed by atoms with Gasteiger partial charge in [0.25, 0.3) is 0 Å². The van der Waals surface area contributed by atoms with Crippen molar-refractivity contribution >= 4 is 5.82 Å². The molecule has 0 bridgehead atoms. The molecule has 6 heteroatoms. The minimum atomic E-state index is -0.286. The van der Waals surface area contributed by atoms with E-state index in [1.54, 1.807) is 11.9 Å². The summed E-state index contributed by atoms with van der Waals surface area (Å²) in [6, 6.07) is 0. The minimum absolute atomic E-state index is 0.286. The van der Waals surface area contributed by atoms with E-state index >= 15 is 0 Å². The van der Waals surface area contributed by atoms with Crippen molar-refractivity contribution in [3.63, 3.8) is 0 Å². The number of anilines is 1. The maximum Gasteiger partial charge on any atom is 0.165 e. The van der Waals surface area contributed by atoms with Crippen LogP contribution < -0.4 is 5.73 Å². The summed E-state index contributed by atoms with van der Waals surface area (Å²) in [4.78, 5) is 1.55. The number of aromatic nitrogens is 3. The molecule has 2 rings (SSSR count). The summed E-state index contributed by atoms with van der Waals surface area (Å²) < 4.78 is 10.8. The third-order valence-corrected chi connectivity index (χ3v) is 2.48. The van der Waals surface area contributed by atoms with Crippen LogP contribution in [0.3, 0.4) is 0 Å². The Morgan fingerprint density at radius 2 is 2.64 bits per heavy atom. The van der Waals surface area contributed by atoms with Crippen molar-refractivity contribution in [2.24, 2.45) is 0 Å². The van der Waals surface area contributed by atoms with E-state index in [1.165, 1.54) is 6.20 Å². The van der Waals surface area contributed by atoms with Gasteiger partial charge in [-0.1, -0.05) is 0 Å². The van der Waals surface area contributed by atoms with E-state index in [0.717, 1.165) is 13.0 Å². The zero-order chi connectivity index (χ0) is 10.0. The number of methoxy groups -OCH3 is 1. The van der Waals surface area contributed by atoms with Crippen LogP contribution in [0.25, 0.3) is 0 Å². The maximum absolute atomic E-state index is 5.47. The second-order valence-electron chi connectivity index (χ2n) is 3.49. The molecule has 1 fully saturated rings. The predicted octanol–water partition coefficient (Wildman–Crippen LogP) is -0.334. The zero-order valence-corrected chi connectivity index (χ0v) is 8.14. The molecule has 0 saturated carbocycles. The Morgan fingerprint density at radius 1 is 1.79 bits per heavy atom. The Balaban J connectivity index is 2.08. The molecule has 78 valence electrons. The number of ether oxygens (including phenoxy) is 2. The van der Waals surface area contributed by atoms with Gasteiger partial charge in [-0.05, 0) is 0 Å². The predicted molar refractivity (Wildman–Crippen MR) is 49.6 cm³/mol. The lowest BCUT2D eigenvalue weighted by molar-refractivity contribution is -0.0344. The van der Waals surface area contributed by atoms with Crippen LogP contribution in [-0.4, -0.2) is 40.9 Å². The Kier molecular flexibility index (Phi) is 2.39. The van der Waals surface area contributed by atoms with Gasteiger partial charge in [0.15, 0.2) is 5.82 Å². The fourth-order valence-electron chi connectivity index (χ4n) is 1.58. The van der Waals surface area contributed by atoms with Gasteiger partial charge in [0.1, 0.15) is 5.60 Å². The zero-order valence-electron chi connectivity index (χ0n) is 8.14. The van der Waals surface area contributed by atoms with Gasteiger partial charge in [-0.3, -0.25) is 0 Å². The van der Waals surface area contributed by atoms with Gasteiger partial charge in [-0.15, -0.1) is 5.10 Å². The quantitative estimate of drug-likeness (QED) is 0.719. The number of nitrogens with zero attached hydrogens (tertiary/aromatic N) is 3. The highest BCUT2D eigenvalue weighted by atomic mass is 16.5. The average Bonchev–Trinajstić information content (AvgIpc) is 2.77. The first-order chi connectivity index (χ1) is 6.74. The molecule has 2 N–H and O–H groups in total. The number of rotatable bonds is 3. The van der Waals surface area contributed by atoms with E-state index in [4.69, 9.17) is 15.2 Å². The molecule has 1 aliphatic rings. The fourth-order valence-corrected chi connectivity index (χ4v) is 1.58. The van der Waals surface area contributed by atoms with Crippen LogP contribution in [0.15, 0.2) is 6.20 Å². The summed E-state index contributed by atoms with van der Waals surface area (Å²) in [5.74, 6) is 0.426. The second kappa shape index (κ2) is 3.55. The van der Waals surface area contributed by atoms with E-state index in [-0.39, 0.29) is 5.60 Å². The summed E-state index contributed by atoms with van der Waals surface area (Å²) in [5, 5.41) is 8.03. The lowest BCUT2D eigenvalue weighted by atomic mass is 10.0. The van der Waals surface area contributed by atoms with Crippen molar-refractivity contribution in [2.75, 3.05) is 26.1 Å². The molecule has 1 aromatic heterocycles. The largest absolute Gasteiger partial charge is 0.381 e.